The van der Waals surface area contributed by atoms with E-state index in [2.05, 4.69) is 5.32 Å². The Hall–Kier alpha value is -2.12. The van der Waals surface area contributed by atoms with Crippen molar-refractivity contribution in [1.29, 1.82) is 0 Å². The van der Waals surface area contributed by atoms with E-state index in [1.54, 1.807) is 34.8 Å². The highest BCUT2D eigenvalue weighted by Gasteiger charge is 2.25. The number of hydrogen-bond acceptors (Lipinski definition) is 4. The smallest absolute Gasteiger partial charge is 0.243 e. The Morgan fingerprint density at radius 3 is 2.54 bits per heavy atom. The summed E-state index contributed by atoms with van der Waals surface area (Å²) < 4.78 is 32.5. The van der Waals surface area contributed by atoms with Crippen LogP contribution in [0.5, 0.6) is 0 Å². The Bertz CT molecular complexity index is 823. The van der Waals surface area contributed by atoms with Gasteiger partial charge in [-0.15, -0.1) is 0 Å². The molecule has 7 heteroatoms. The molecule has 1 saturated heterocycles. The minimum atomic E-state index is -3.52. The van der Waals surface area contributed by atoms with Gasteiger partial charge in [0.05, 0.1) is 11.2 Å². The average Bonchev–Trinajstić information content (AvgIpc) is 2.99. The Balaban J connectivity index is 1.66. The monoisotopic (exact) mass is 376 g/mol. The first kappa shape index (κ1) is 18.7. The second kappa shape index (κ2) is 8.51. The summed E-state index contributed by atoms with van der Waals surface area (Å²) in [5.74, 6) is 0.573. The highest BCUT2D eigenvalue weighted by Crippen LogP contribution is 2.22. The molecule has 3 rings (SSSR count). The van der Waals surface area contributed by atoms with E-state index < -0.39 is 10.0 Å². The highest BCUT2D eigenvalue weighted by molar-refractivity contribution is 7.89. The van der Waals surface area contributed by atoms with Gasteiger partial charge in [0.25, 0.3) is 0 Å². The van der Waals surface area contributed by atoms with Gasteiger partial charge >= 0.3 is 0 Å². The normalized spacial score (nSPS) is 16.2. The number of aryl methyl sites for hydroxylation is 1. The van der Waals surface area contributed by atoms with Crippen LogP contribution in [0.25, 0.3) is 0 Å². The quantitative estimate of drug-likeness (QED) is 0.838. The van der Waals surface area contributed by atoms with E-state index in [0.717, 1.165) is 31.4 Å². The molecule has 1 N–H and O–H groups in total. The molecule has 1 amide bonds. The van der Waals surface area contributed by atoms with Gasteiger partial charge in [0.15, 0.2) is 0 Å². The van der Waals surface area contributed by atoms with E-state index in [1.165, 1.54) is 6.07 Å². The summed E-state index contributed by atoms with van der Waals surface area (Å²) in [5.41, 5.74) is 0.491. The molecule has 2 heterocycles. The van der Waals surface area contributed by atoms with Crippen molar-refractivity contribution in [1.82, 2.24) is 4.31 Å². The Morgan fingerprint density at radius 1 is 1.08 bits per heavy atom. The van der Waals surface area contributed by atoms with Crippen LogP contribution in [0.15, 0.2) is 52.0 Å². The number of rotatable bonds is 6. The third-order valence-electron chi connectivity index (χ3n) is 4.50. The van der Waals surface area contributed by atoms with Gasteiger partial charge in [-0.25, -0.2) is 8.42 Å². The van der Waals surface area contributed by atoms with Gasteiger partial charge in [0.2, 0.25) is 15.9 Å². The topological polar surface area (TPSA) is 79.6 Å². The molecule has 0 aliphatic carbocycles. The van der Waals surface area contributed by atoms with Gasteiger partial charge in [-0.05, 0) is 43.2 Å². The van der Waals surface area contributed by atoms with Crippen LogP contribution >= 0.6 is 0 Å². The number of carbonyl (C=O) groups is 1. The number of carbonyl (C=O) groups excluding carboxylic acids is 1. The number of hydrogen-bond donors (Lipinski definition) is 1. The molecule has 2 aromatic rings. The summed E-state index contributed by atoms with van der Waals surface area (Å²) in [4.78, 5) is 12.3. The molecule has 0 saturated carbocycles. The molecule has 26 heavy (non-hydrogen) atoms. The van der Waals surface area contributed by atoms with Crippen LogP contribution in [0, 0.1) is 0 Å². The van der Waals surface area contributed by atoms with E-state index >= 15 is 0 Å². The molecular formula is C19H24N2O4S. The van der Waals surface area contributed by atoms with E-state index in [0.29, 0.717) is 25.2 Å². The Morgan fingerprint density at radius 2 is 1.85 bits per heavy atom. The summed E-state index contributed by atoms with van der Waals surface area (Å²) in [6.45, 7) is 1.12. The van der Waals surface area contributed by atoms with E-state index in [9.17, 15) is 13.2 Å². The second-order valence-corrected chi connectivity index (χ2v) is 8.41. The lowest BCUT2D eigenvalue weighted by Crippen LogP contribution is -2.32. The standard InChI is InChI=1S/C19H24N2O4S/c22-19(11-10-17-8-6-14-25-17)20-16-7-5-9-18(15-16)26(23,24)21-12-3-1-2-4-13-21/h5-9,14-15H,1-4,10-13H2,(H,20,22). The highest BCUT2D eigenvalue weighted by atomic mass is 32.2. The van der Waals surface area contributed by atoms with E-state index in [-0.39, 0.29) is 17.2 Å². The van der Waals surface area contributed by atoms with Crippen molar-refractivity contribution in [3.8, 4) is 0 Å². The molecule has 1 fully saturated rings. The van der Waals surface area contributed by atoms with Crippen LogP contribution in [-0.4, -0.2) is 31.7 Å². The number of furan rings is 1. The Kier molecular flexibility index (Phi) is 6.11. The maximum atomic E-state index is 12.9. The van der Waals surface area contributed by atoms with Crippen molar-refractivity contribution in [3.63, 3.8) is 0 Å². The number of sulfonamides is 1. The van der Waals surface area contributed by atoms with Gasteiger partial charge in [0.1, 0.15) is 5.76 Å². The zero-order valence-corrected chi connectivity index (χ0v) is 15.5. The first-order valence-corrected chi connectivity index (χ1v) is 10.4. The fourth-order valence-corrected chi connectivity index (χ4v) is 4.64. The predicted octanol–water partition coefficient (Wildman–Crippen LogP) is 3.42. The van der Waals surface area contributed by atoms with Gasteiger partial charge in [-0.1, -0.05) is 18.9 Å². The molecule has 0 radical (unpaired) electrons. The molecule has 0 bridgehead atoms. The van der Waals surface area contributed by atoms with E-state index in [1.807, 2.05) is 6.07 Å². The maximum Gasteiger partial charge on any atom is 0.243 e. The van der Waals surface area contributed by atoms with Gasteiger partial charge in [-0.2, -0.15) is 4.31 Å². The first-order chi connectivity index (χ1) is 12.6. The van der Waals surface area contributed by atoms with Crippen LogP contribution < -0.4 is 5.32 Å². The predicted molar refractivity (Wildman–Crippen MR) is 99.3 cm³/mol. The lowest BCUT2D eigenvalue weighted by molar-refractivity contribution is -0.116. The van der Waals surface area contributed by atoms with E-state index in [4.69, 9.17) is 4.42 Å². The zero-order chi connectivity index (χ0) is 18.4. The van der Waals surface area contributed by atoms with Crippen LogP contribution in [0.2, 0.25) is 0 Å². The fourth-order valence-electron chi connectivity index (χ4n) is 3.08. The summed E-state index contributed by atoms with van der Waals surface area (Å²) in [5, 5.41) is 2.77. The molecule has 0 unspecified atom stereocenters. The van der Waals surface area contributed by atoms with Crippen molar-refractivity contribution in [2.45, 2.75) is 43.4 Å². The third-order valence-corrected chi connectivity index (χ3v) is 6.39. The molecular weight excluding hydrogens is 352 g/mol. The molecule has 1 aliphatic heterocycles. The summed E-state index contributed by atoms with van der Waals surface area (Å²) in [7, 11) is -3.52. The van der Waals surface area contributed by atoms with Crippen LogP contribution in [0.3, 0.4) is 0 Å². The maximum absolute atomic E-state index is 12.9. The molecule has 1 aromatic heterocycles. The lowest BCUT2D eigenvalue weighted by atomic mass is 10.2. The molecule has 1 aliphatic rings. The zero-order valence-electron chi connectivity index (χ0n) is 14.7. The van der Waals surface area contributed by atoms with Gasteiger partial charge in [-0.3, -0.25) is 4.79 Å². The first-order valence-electron chi connectivity index (χ1n) is 8.98. The summed E-state index contributed by atoms with van der Waals surface area (Å²) in [6.07, 6.45) is 6.27. The number of benzene rings is 1. The second-order valence-electron chi connectivity index (χ2n) is 6.47. The molecule has 0 spiro atoms. The number of amides is 1. The lowest BCUT2D eigenvalue weighted by Gasteiger charge is -2.20. The minimum Gasteiger partial charge on any atom is -0.469 e. The van der Waals surface area contributed by atoms with Crippen molar-refractivity contribution in [2.24, 2.45) is 0 Å². The number of nitrogens with zero attached hydrogens (tertiary/aromatic N) is 1. The third kappa shape index (κ3) is 4.74. The van der Waals surface area contributed by atoms with Crippen LogP contribution in [0.1, 0.15) is 37.9 Å². The number of anilines is 1. The molecule has 1 aromatic carbocycles. The van der Waals surface area contributed by atoms with Crippen molar-refractivity contribution >= 4 is 21.6 Å². The number of nitrogens with one attached hydrogen (secondary N) is 1. The largest absolute Gasteiger partial charge is 0.469 e. The molecule has 140 valence electrons. The van der Waals surface area contributed by atoms with Gasteiger partial charge < -0.3 is 9.73 Å². The molecule has 6 nitrogen and oxygen atoms in total. The van der Waals surface area contributed by atoms with Crippen LogP contribution in [0.4, 0.5) is 5.69 Å². The van der Waals surface area contributed by atoms with Crippen molar-refractivity contribution in [2.75, 3.05) is 18.4 Å². The SMILES string of the molecule is O=C(CCc1ccco1)Nc1cccc(S(=O)(=O)N2CCCCCC2)c1. The van der Waals surface area contributed by atoms with Gasteiger partial charge in [0, 0.05) is 31.6 Å². The van der Waals surface area contributed by atoms with Crippen molar-refractivity contribution in [3.05, 3.63) is 48.4 Å². The summed E-state index contributed by atoms with van der Waals surface area (Å²) in [6, 6.07) is 10.1. The Labute approximate surface area is 154 Å². The minimum absolute atomic E-state index is 0.175. The average molecular weight is 376 g/mol. The van der Waals surface area contributed by atoms with Crippen molar-refractivity contribution < 1.29 is 17.6 Å². The fraction of sp³-hybridized carbons (Fsp3) is 0.421. The summed E-state index contributed by atoms with van der Waals surface area (Å²) >= 11 is 0. The molecule has 0 atom stereocenters. The van der Waals surface area contributed by atoms with Crippen LogP contribution in [-0.2, 0) is 21.2 Å².